The van der Waals surface area contributed by atoms with Gasteiger partial charge >= 0.3 is 11.8 Å². The Balaban J connectivity index is 1.61. The van der Waals surface area contributed by atoms with E-state index in [1.54, 1.807) is 42.5 Å². The molecule has 1 fully saturated rings. The normalized spacial score (nSPS) is 17.1. The van der Waals surface area contributed by atoms with Crippen LogP contribution in [0.4, 0.5) is 5.69 Å². The first-order valence-corrected chi connectivity index (χ1v) is 11.0. The Bertz CT molecular complexity index is 1010. The molecule has 9 heteroatoms. The zero-order chi connectivity index (χ0) is 21.0. The Morgan fingerprint density at radius 3 is 2.55 bits per heavy atom. The number of rotatable bonds is 5. The van der Waals surface area contributed by atoms with E-state index in [1.165, 1.54) is 10.4 Å². The van der Waals surface area contributed by atoms with Gasteiger partial charge in [0, 0.05) is 29.8 Å². The average Bonchev–Trinajstić information content (AvgIpc) is 3.16. The summed E-state index contributed by atoms with van der Waals surface area (Å²) < 4.78 is 27.3. The average molecular weight is 436 g/mol. The van der Waals surface area contributed by atoms with Gasteiger partial charge in [0.25, 0.3) is 0 Å². The predicted octanol–water partition coefficient (Wildman–Crippen LogP) is 2.56. The maximum Gasteiger partial charge on any atom is 0.313 e. The van der Waals surface area contributed by atoms with Gasteiger partial charge in [0.2, 0.25) is 10.0 Å². The minimum absolute atomic E-state index is 0.0624. The summed E-state index contributed by atoms with van der Waals surface area (Å²) in [5, 5.41) is 5.43. The molecule has 29 heavy (non-hydrogen) atoms. The molecule has 0 aromatic heterocycles. The number of carbonyl (C=O) groups is 2. The van der Waals surface area contributed by atoms with Crippen molar-refractivity contribution < 1.29 is 18.0 Å². The summed E-state index contributed by atoms with van der Waals surface area (Å²) in [7, 11) is -3.66. The van der Waals surface area contributed by atoms with Crippen LogP contribution >= 0.6 is 11.6 Å². The van der Waals surface area contributed by atoms with E-state index < -0.39 is 27.9 Å². The SMILES string of the molecule is Cc1ccc(S(=O)(=O)N2CCCC2CNC(=O)C(=O)Nc2cccc(Cl)c2)cc1. The Morgan fingerprint density at radius 2 is 1.86 bits per heavy atom. The molecule has 2 N–H and O–H groups in total. The molecule has 2 amide bonds. The molecular weight excluding hydrogens is 414 g/mol. The smallest absolute Gasteiger partial charge is 0.313 e. The number of nitrogens with one attached hydrogen (secondary N) is 2. The molecule has 0 spiro atoms. The highest BCUT2D eigenvalue weighted by Gasteiger charge is 2.35. The second-order valence-corrected chi connectivity index (χ2v) is 9.23. The first-order valence-electron chi connectivity index (χ1n) is 9.20. The summed E-state index contributed by atoms with van der Waals surface area (Å²) in [5.74, 6) is -1.66. The molecule has 2 aromatic carbocycles. The van der Waals surface area contributed by atoms with E-state index in [4.69, 9.17) is 11.6 Å². The van der Waals surface area contributed by atoms with Crippen LogP contribution in [0.15, 0.2) is 53.4 Å². The van der Waals surface area contributed by atoms with E-state index in [0.717, 1.165) is 5.56 Å². The number of amides is 2. The maximum atomic E-state index is 12.9. The van der Waals surface area contributed by atoms with Crippen molar-refractivity contribution in [2.75, 3.05) is 18.4 Å². The minimum atomic E-state index is -3.66. The van der Waals surface area contributed by atoms with Crippen molar-refractivity contribution in [2.24, 2.45) is 0 Å². The van der Waals surface area contributed by atoms with Crippen molar-refractivity contribution in [3.8, 4) is 0 Å². The minimum Gasteiger partial charge on any atom is -0.346 e. The van der Waals surface area contributed by atoms with Crippen LogP contribution in [0.5, 0.6) is 0 Å². The van der Waals surface area contributed by atoms with Crippen LogP contribution in [-0.4, -0.2) is 43.7 Å². The fourth-order valence-corrected chi connectivity index (χ4v) is 5.10. The van der Waals surface area contributed by atoms with Crippen molar-refractivity contribution in [1.29, 1.82) is 0 Å². The van der Waals surface area contributed by atoms with Crippen molar-refractivity contribution in [1.82, 2.24) is 9.62 Å². The molecule has 0 aliphatic carbocycles. The third-order valence-corrected chi connectivity index (χ3v) is 6.94. The molecule has 1 unspecified atom stereocenters. The second-order valence-electron chi connectivity index (χ2n) is 6.90. The molecule has 7 nitrogen and oxygen atoms in total. The number of sulfonamides is 1. The lowest BCUT2D eigenvalue weighted by Gasteiger charge is -2.24. The number of aryl methyl sites for hydroxylation is 1. The largest absolute Gasteiger partial charge is 0.346 e. The van der Waals surface area contributed by atoms with Gasteiger partial charge in [0.05, 0.1) is 4.90 Å². The summed E-state index contributed by atoms with van der Waals surface area (Å²) in [5.41, 5.74) is 1.38. The van der Waals surface area contributed by atoms with Gasteiger partial charge < -0.3 is 10.6 Å². The number of nitrogens with zero attached hydrogens (tertiary/aromatic N) is 1. The Labute approximate surface area is 175 Å². The number of anilines is 1. The van der Waals surface area contributed by atoms with Crippen LogP contribution in [0, 0.1) is 6.92 Å². The van der Waals surface area contributed by atoms with Crippen LogP contribution in [0.3, 0.4) is 0 Å². The quantitative estimate of drug-likeness (QED) is 0.705. The maximum absolute atomic E-state index is 12.9. The highest BCUT2D eigenvalue weighted by Crippen LogP contribution is 2.26. The van der Waals surface area contributed by atoms with Gasteiger partial charge in [-0.1, -0.05) is 35.4 Å². The van der Waals surface area contributed by atoms with Crippen LogP contribution in [0.2, 0.25) is 5.02 Å². The molecule has 1 aliphatic rings. The Hall–Kier alpha value is -2.42. The van der Waals surface area contributed by atoms with Crippen molar-refractivity contribution in [2.45, 2.75) is 30.7 Å². The molecule has 3 rings (SSSR count). The molecule has 1 heterocycles. The van der Waals surface area contributed by atoms with Crippen molar-refractivity contribution in [3.63, 3.8) is 0 Å². The lowest BCUT2D eigenvalue weighted by molar-refractivity contribution is -0.136. The number of benzene rings is 2. The first kappa shape index (κ1) is 21.3. The van der Waals surface area contributed by atoms with Crippen molar-refractivity contribution in [3.05, 3.63) is 59.1 Å². The lowest BCUT2D eigenvalue weighted by atomic mass is 10.2. The van der Waals surface area contributed by atoms with Crippen molar-refractivity contribution >= 4 is 39.1 Å². The van der Waals surface area contributed by atoms with Crippen LogP contribution in [0.1, 0.15) is 18.4 Å². The standard InChI is InChI=1S/C20H22ClN3O4S/c1-14-7-9-18(10-8-14)29(27,28)24-11-3-6-17(24)13-22-19(25)20(26)23-16-5-2-4-15(21)12-16/h2,4-5,7-10,12,17H,3,6,11,13H2,1H3,(H,22,25)(H,23,26). The molecule has 154 valence electrons. The fourth-order valence-electron chi connectivity index (χ4n) is 3.22. The highest BCUT2D eigenvalue weighted by atomic mass is 35.5. The van der Waals surface area contributed by atoms with Gasteiger partial charge in [-0.15, -0.1) is 0 Å². The summed E-state index contributed by atoms with van der Waals surface area (Å²) in [6.45, 7) is 2.33. The molecule has 0 radical (unpaired) electrons. The number of halogens is 1. The first-order chi connectivity index (χ1) is 13.8. The van der Waals surface area contributed by atoms with Gasteiger partial charge in [0.15, 0.2) is 0 Å². The third-order valence-electron chi connectivity index (χ3n) is 4.74. The van der Waals surface area contributed by atoms with Crippen LogP contribution in [0.25, 0.3) is 0 Å². The van der Waals surface area contributed by atoms with Gasteiger partial charge in [0.1, 0.15) is 0 Å². The molecule has 2 aromatic rings. The van der Waals surface area contributed by atoms with E-state index in [0.29, 0.717) is 30.1 Å². The fraction of sp³-hybridized carbons (Fsp3) is 0.300. The van der Waals surface area contributed by atoms with Gasteiger partial charge in [-0.3, -0.25) is 9.59 Å². The Kier molecular flexibility index (Phi) is 6.56. The topological polar surface area (TPSA) is 95.6 Å². The zero-order valence-corrected chi connectivity index (χ0v) is 17.5. The predicted molar refractivity (Wildman–Crippen MR) is 111 cm³/mol. The third kappa shape index (κ3) is 5.14. The van der Waals surface area contributed by atoms with E-state index in [1.807, 2.05) is 6.92 Å². The number of hydrogen-bond acceptors (Lipinski definition) is 4. The zero-order valence-electron chi connectivity index (χ0n) is 15.9. The monoisotopic (exact) mass is 435 g/mol. The Morgan fingerprint density at radius 1 is 1.14 bits per heavy atom. The number of hydrogen-bond donors (Lipinski definition) is 2. The molecule has 1 atom stereocenters. The van der Waals surface area contributed by atoms with Gasteiger partial charge in [-0.05, 0) is 50.1 Å². The van der Waals surface area contributed by atoms with Crippen LogP contribution < -0.4 is 10.6 Å². The molecule has 0 saturated carbocycles. The van der Waals surface area contributed by atoms with Gasteiger partial charge in [-0.25, -0.2) is 8.42 Å². The lowest BCUT2D eigenvalue weighted by Crippen LogP contribution is -2.45. The van der Waals surface area contributed by atoms with Gasteiger partial charge in [-0.2, -0.15) is 4.31 Å². The molecule has 1 saturated heterocycles. The molecular formula is C20H22ClN3O4S. The second kappa shape index (κ2) is 8.94. The van der Waals surface area contributed by atoms with Crippen LogP contribution in [-0.2, 0) is 19.6 Å². The van der Waals surface area contributed by atoms with E-state index >= 15 is 0 Å². The molecule has 1 aliphatic heterocycles. The van der Waals surface area contributed by atoms with E-state index in [9.17, 15) is 18.0 Å². The highest BCUT2D eigenvalue weighted by molar-refractivity contribution is 7.89. The summed E-state index contributed by atoms with van der Waals surface area (Å²) in [4.78, 5) is 24.4. The van der Waals surface area contributed by atoms with E-state index in [-0.39, 0.29) is 11.4 Å². The number of carbonyl (C=O) groups excluding carboxylic acids is 2. The van der Waals surface area contributed by atoms with E-state index in [2.05, 4.69) is 10.6 Å². The summed E-state index contributed by atoms with van der Waals surface area (Å²) in [6, 6.07) is 12.7. The molecule has 0 bridgehead atoms. The summed E-state index contributed by atoms with van der Waals surface area (Å²) >= 11 is 5.86. The summed E-state index contributed by atoms with van der Waals surface area (Å²) in [6.07, 6.45) is 1.31.